The van der Waals surface area contributed by atoms with Crippen molar-refractivity contribution in [3.63, 3.8) is 0 Å². The van der Waals surface area contributed by atoms with Crippen molar-refractivity contribution < 1.29 is 23.4 Å². The highest BCUT2D eigenvalue weighted by atomic mass is 32.2. The number of carboxylic acid groups (broad SMARTS) is 1. The smallest absolute Gasteiger partial charge is 0.345 e. The van der Waals surface area contributed by atoms with Gasteiger partial charge in [-0.05, 0) is 19.4 Å². The van der Waals surface area contributed by atoms with Gasteiger partial charge < -0.3 is 10.2 Å². The summed E-state index contributed by atoms with van der Waals surface area (Å²) in [6.45, 7) is 2.99. The number of hydrogen-bond acceptors (Lipinski definition) is 5. The molecule has 0 aromatic carbocycles. The predicted octanol–water partition coefficient (Wildman–Crippen LogP) is 0.804. The Morgan fingerprint density at radius 1 is 1.56 bits per heavy atom. The third-order valence-electron chi connectivity index (χ3n) is 2.41. The molecule has 0 aliphatic carbocycles. The molecular weight excluding hydrogens is 278 g/mol. The molecule has 6 nitrogen and oxygen atoms in total. The molecule has 0 saturated carbocycles. The summed E-state index contributed by atoms with van der Waals surface area (Å²) in [4.78, 5) is 11.1. The summed E-state index contributed by atoms with van der Waals surface area (Å²) in [6.07, 6.45) is 0.449. The molecule has 0 fully saturated rings. The van der Waals surface area contributed by atoms with Gasteiger partial charge in [0.2, 0.25) is 10.0 Å². The Morgan fingerprint density at radius 3 is 2.56 bits per heavy atom. The second-order valence-corrected chi connectivity index (χ2v) is 6.68. The fourth-order valence-electron chi connectivity index (χ4n) is 1.37. The zero-order chi connectivity index (χ0) is 13.9. The van der Waals surface area contributed by atoms with Crippen LogP contribution in [0.2, 0.25) is 0 Å². The monoisotopic (exact) mass is 293 g/mol. The number of aryl methyl sites for hydroxylation is 1. The quantitative estimate of drug-likeness (QED) is 0.720. The summed E-state index contributed by atoms with van der Waals surface area (Å²) in [6, 6.07) is 0.567. The maximum Gasteiger partial charge on any atom is 0.345 e. The summed E-state index contributed by atoms with van der Waals surface area (Å²) < 4.78 is 26.4. The molecule has 0 saturated heterocycles. The van der Waals surface area contributed by atoms with E-state index in [4.69, 9.17) is 10.2 Å². The topological polar surface area (TPSA) is 104 Å². The molecule has 8 heteroatoms. The largest absolute Gasteiger partial charge is 0.477 e. The van der Waals surface area contributed by atoms with E-state index >= 15 is 0 Å². The highest BCUT2D eigenvalue weighted by Crippen LogP contribution is 2.25. The minimum atomic E-state index is -3.79. The molecule has 0 amide bonds. The number of thiophene rings is 1. The van der Waals surface area contributed by atoms with E-state index in [2.05, 4.69) is 4.72 Å². The van der Waals surface area contributed by atoms with Gasteiger partial charge >= 0.3 is 5.97 Å². The van der Waals surface area contributed by atoms with Crippen molar-refractivity contribution in [3.05, 3.63) is 15.8 Å². The van der Waals surface area contributed by atoms with Gasteiger partial charge in [0.1, 0.15) is 4.88 Å². The molecule has 1 aromatic rings. The molecule has 0 spiro atoms. The molecule has 18 heavy (non-hydrogen) atoms. The third kappa shape index (κ3) is 3.29. The first-order valence-corrected chi connectivity index (χ1v) is 7.58. The highest BCUT2D eigenvalue weighted by Gasteiger charge is 2.24. The van der Waals surface area contributed by atoms with Gasteiger partial charge in [-0.1, -0.05) is 6.92 Å². The van der Waals surface area contributed by atoms with Crippen LogP contribution >= 0.6 is 11.3 Å². The molecule has 0 unspecified atom stereocenters. The second-order valence-electron chi connectivity index (χ2n) is 3.75. The van der Waals surface area contributed by atoms with E-state index < -0.39 is 22.0 Å². The van der Waals surface area contributed by atoms with Gasteiger partial charge in [0.05, 0.1) is 11.5 Å². The van der Waals surface area contributed by atoms with Crippen LogP contribution in [0.25, 0.3) is 0 Å². The molecule has 0 bridgehead atoms. The molecule has 3 N–H and O–H groups in total. The zero-order valence-electron chi connectivity index (χ0n) is 10.0. The Bertz CT molecular complexity index is 530. The summed E-state index contributed by atoms with van der Waals surface area (Å²) in [7, 11) is -3.79. The fourth-order valence-corrected chi connectivity index (χ4v) is 4.11. The van der Waals surface area contributed by atoms with Gasteiger partial charge in [0, 0.05) is 10.9 Å². The lowest BCUT2D eigenvalue weighted by molar-refractivity contribution is 0.0702. The average molecular weight is 293 g/mol. The Hall–Kier alpha value is -0.960. The first-order valence-electron chi connectivity index (χ1n) is 5.28. The van der Waals surface area contributed by atoms with Crippen LogP contribution in [0.3, 0.4) is 0 Å². The van der Waals surface area contributed by atoms with Gasteiger partial charge in [-0.15, -0.1) is 11.3 Å². The third-order valence-corrected chi connectivity index (χ3v) is 5.22. The average Bonchev–Trinajstić information content (AvgIpc) is 2.69. The predicted molar refractivity (Wildman–Crippen MR) is 67.5 cm³/mol. The Kier molecular flexibility index (Phi) is 4.85. The maximum absolute atomic E-state index is 12.0. The van der Waals surface area contributed by atoms with Gasteiger partial charge in [0.25, 0.3) is 0 Å². The van der Waals surface area contributed by atoms with Crippen molar-refractivity contribution in [2.75, 3.05) is 6.61 Å². The van der Waals surface area contributed by atoms with Gasteiger partial charge in [-0.25, -0.2) is 17.9 Å². The van der Waals surface area contributed by atoms with Crippen molar-refractivity contribution in [1.29, 1.82) is 0 Å². The Morgan fingerprint density at radius 2 is 2.17 bits per heavy atom. The van der Waals surface area contributed by atoms with Crippen LogP contribution in [0.4, 0.5) is 0 Å². The maximum atomic E-state index is 12.0. The lowest BCUT2D eigenvalue weighted by Crippen LogP contribution is -2.36. The SMILES string of the molecule is CC[C@H](CO)NS(=O)(=O)c1cc(C(=O)O)sc1C. The van der Waals surface area contributed by atoms with Crippen LogP contribution in [0.15, 0.2) is 11.0 Å². The van der Waals surface area contributed by atoms with E-state index in [0.29, 0.717) is 11.3 Å². The van der Waals surface area contributed by atoms with E-state index in [0.717, 1.165) is 17.4 Å². The van der Waals surface area contributed by atoms with Crippen molar-refractivity contribution in [1.82, 2.24) is 4.72 Å². The molecule has 1 rings (SSSR count). The lowest BCUT2D eigenvalue weighted by atomic mass is 10.3. The molecule has 0 radical (unpaired) electrons. The van der Waals surface area contributed by atoms with E-state index in [1.54, 1.807) is 13.8 Å². The Balaban J connectivity index is 3.09. The number of carboxylic acids is 1. The van der Waals surface area contributed by atoms with Gasteiger partial charge in [0.15, 0.2) is 0 Å². The highest BCUT2D eigenvalue weighted by molar-refractivity contribution is 7.89. The number of nitrogens with one attached hydrogen (secondary N) is 1. The summed E-state index contributed by atoms with van der Waals surface area (Å²) in [5, 5.41) is 17.8. The number of hydrogen-bond donors (Lipinski definition) is 3. The normalized spacial score (nSPS) is 13.5. The number of carbonyl (C=O) groups is 1. The van der Waals surface area contributed by atoms with E-state index in [1.807, 2.05) is 0 Å². The first kappa shape index (κ1) is 15.1. The number of aromatic carboxylic acids is 1. The standard InChI is InChI=1S/C10H15NO5S2/c1-3-7(5-12)11-18(15,16)9-4-8(10(13)14)17-6(9)2/h4,7,11-12H,3,5H2,1-2H3,(H,13,14)/t7-/m1/s1. The van der Waals surface area contributed by atoms with Crippen molar-refractivity contribution >= 4 is 27.3 Å². The van der Waals surface area contributed by atoms with Crippen molar-refractivity contribution in [2.24, 2.45) is 0 Å². The van der Waals surface area contributed by atoms with Crippen LogP contribution in [-0.2, 0) is 10.0 Å². The van der Waals surface area contributed by atoms with Crippen LogP contribution in [0.1, 0.15) is 27.9 Å². The summed E-state index contributed by atoms with van der Waals surface area (Å²) >= 11 is 0.910. The van der Waals surface area contributed by atoms with E-state index in [-0.39, 0.29) is 16.4 Å². The number of rotatable bonds is 6. The molecule has 102 valence electrons. The van der Waals surface area contributed by atoms with E-state index in [1.165, 1.54) is 0 Å². The molecule has 0 aliphatic heterocycles. The van der Waals surface area contributed by atoms with E-state index in [9.17, 15) is 13.2 Å². The van der Waals surface area contributed by atoms with Crippen LogP contribution in [0, 0.1) is 6.92 Å². The lowest BCUT2D eigenvalue weighted by Gasteiger charge is -2.13. The molecular formula is C10H15NO5S2. The molecule has 1 atom stereocenters. The molecule has 1 aromatic heterocycles. The molecule has 1 heterocycles. The fraction of sp³-hybridized carbons (Fsp3) is 0.500. The zero-order valence-corrected chi connectivity index (χ0v) is 11.6. The van der Waals surface area contributed by atoms with Crippen molar-refractivity contribution in [3.8, 4) is 0 Å². The van der Waals surface area contributed by atoms with Crippen LogP contribution in [-0.4, -0.2) is 37.2 Å². The van der Waals surface area contributed by atoms with Crippen molar-refractivity contribution in [2.45, 2.75) is 31.2 Å². The van der Waals surface area contributed by atoms with Gasteiger partial charge in [-0.3, -0.25) is 0 Å². The van der Waals surface area contributed by atoms with Crippen LogP contribution < -0.4 is 4.72 Å². The minimum Gasteiger partial charge on any atom is -0.477 e. The number of sulfonamides is 1. The second kappa shape index (κ2) is 5.79. The molecule has 0 aliphatic rings. The minimum absolute atomic E-state index is 0.0232. The van der Waals surface area contributed by atoms with Crippen LogP contribution in [0.5, 0.6) is 0 Å². The Labute approximate surface area is 109 Å². The first-order chi connectivity index (χ1) is 8.31. The van der Waals surface area contributed by atoms with Gasteiger partial charge in [-0.2, -0.15) is 0 Å². The number of aliphatic hydroxyl groups is 1. The number of aliphatic hydroxyl groups excluding tert-OH is 1. The summed E-state index contributed by atoms with van der Waals surface area (Å²) in [5.74, 6) is -1.15. The summed E-state index contributed by atoms with van der Waals surface area (Å²) in [5.41, 5.74) is 0.